The van der Waals surface area contributed by atoms with E-state index in [9.17, 15) is 0 Å². The summed E-state index contributed by atoms with van der Waals surface area (Å²) in [5, 5.41) is 0. The summed E-state index contributed by atoms with van der Waals surface area (Å²) in [6.07, 6.45) is 1.17. The Morgan fingerprint density at radius 2 is 1.82 bits per heavy atom. The van der Waals surface area contributed by atoms with Gasteiger partial charge in [-0.2, -0.15) is 0 Å². The fraction of sp³-hybridized carbons (Fsp3) is 0.571. The smallest absolute Gasteiger partial charge is 0.124 e. The highest BCUT2D eigenvalue weighted by atomic mass is 16.5. The molecule has 0 saturated heterocycles. The van der Waals surface area contributed by atoms with Crippen LogP contribution in [0.25, 0.3) is 0 Å². The van der Waals surface area contributed by atoms with E-state index >= 15 is 0 Å². The van der Waals surface area contributed by atoms with E-state index in [0.717, 1.165) is 17.7 Å². The molecule has 1 unspecified atom stereocenters. The Morgan fingerprint density at radius 1 is 1.18 bits per heavy atom. The Labute approximate surface area is 104 Å². The van der Waals surface area contributed by atoms with Gasteiger partial charge in [-0.05, 0) is 32.3 Å². The van der Waals surface area contributed by atoms with E-state index < -0.39 is 0 Å². The Balaban J connectivity index is 2.93. The van der Waals surface area contributed by atoms with Gasteiger partial charge in [0.1, 0.15) is 5.75 Å². The zero-order chi connectivity index (χ0) is 12.8. The summed E-state index contributed by atoms with van der Waals surface area (Å²) >= 11 is 0. The molecule has 0 aliphatic heterocycles. The van der Waals surface area contributed by atoms with Crippen molar-refractivity contribution < 1.29 is 4.74 Å². The molecule has 0 spiro atoms. The van der Waals surface area contributed by atoms with E-state index in [2.05, 4.69) is 25.3 Å². The summed E-state index contributed by atoms with van der Waals surface area (Å²) in [7, 11) is 0. The van der Waals surface area contributed by atoms with Crippen molar-refractivity contribution in [3.63, 3.8) is 0 Å². The highest BCUT2D eigenvalue weighted by molar-refractivity contribution is 5.36. The Morgan fingerprint density at radius 3 is 2.35 bits per heavy atom. The number of rotatable bonds is 6. The Bertz CT molecular complexity index is 337. The molecule has 1 rings (SSSR count). The summed E-state index contributed by atoms with van der Waals surface area (Å²) in [5.41, 5.74) is 4.02. The fourth-order valence-corrected chi connectivity index (χ4v) is 1.89. The van der Waals surface area contributed by atoms with Crippen molar-refractivity contribution in [3.05, 3.63) is 29.8 Å². The van der Waals surface area contributed by atoms with Gasteiger partial charge in [-0.15, -0.1) is 0 Å². The third-order valence-electron chi connectivity index (χ3n) is 2.57. The summed E-state index contributed by atoms with van der Waals surface area (Å²) in [6, 6.07) is 8.23. The second-order valence-electron chi connectivity index (χ2n) is 5.05. The monoisotopic (exact) mass is 236 g/mol. The normalized spacial score (nSPS) is 13.1. The molecule has 1 atom stereocenters. The topological polar surface area (TPSA) is 47.3 Å². The molecule has 1 aromatic carbocycles. The number of benzene rings is 1. The molecule has 0 aromatic heterocycles. The first kappa shape index (κ1) is 14.0. The van der Waals surface area contributed by atoms with Crippen LogP contribution in [0.5, 0.6) is 5.75 Å². The molecular formula is C14H24N2O. The first-order chi connectivity index (χ1) is 8.04. The molecule has 0 amide bonds. The van der Waals surface area contributed by atoms with Gasteiger partial charge < -0.3 is 4.74 Å². The zero-order valence-corrected chi connectivity index (χ0v) is 11.2. The van der Waals surface area contributed by atoms with E-state index in [4.69, 9.17) is 10.6 Å². The van der Waals surface area contributed by atoms with Crippen LogP contribution >= 0.6 is 0 Å². The summed E-state index contributed by atoms with van der Waals surface area (Å²) in [5.74, 6) is 7.16. The van der Waals surface area contributed by atoms with Crippen LogP contribution in [0.15, 0.2) is 24.3 Å². The van der Waals surface area contributed by atoms with Gasteiger partial charge in [0, 0.05) is 11.6 Å². The van der Waals surface area contributed by atoms with Crippen molar-refractivity contribution in [1.82, 2.24) is 5.43 Å². The van der Waals surface area contributed by atoms with Crippen LogP contribution in [0.4, 0.5) is 0 Å². The fourth-order valence-electron chi connectivity index (χ4n) is 1.89. The highest BCUT2D eigenvalue weighted by Crippen LogP contribution is 2.29. The summed E-state index contributed by atoms with van der Waals surface area (Å²) < 4.78 is 5.81. The van der Waals surface area contributed by atoms with Crippen molar-refractivity contribution >= 4 is 0 Å². The third-order valence-corrected chi connectivity index (χ3v) is 2.57. The van der Waals surface area contributed by atoms with Crippen molar-refractivity contribution in [2.24, 2.45) is 11.8 Å². The van der Waals surface area contributed by atoms with E-state index in [-0.39, 0.29) is 12.1 Å². The molecule has 0 aliphatic rings. The van der Waals surface area contributed by atoms with E-state index in [1.54, 1.807) is 0 Å². The Kier molecular flexibility index (Phi) is 5.45. The van der Waals surface area contributed by atoms with Crippen LogP contribution < -0.4 is 16.0 Å². The van der Waals surface area contributed by atoms with Crippen LogP contribution in [-0.4, -0.2) is 6.10 Å². The van der Waals surface area contributed by atoms with E-state index in [1.165, 1.54) is 0 Å². The van der Waals surface area contributed by atoms with Crippen LogP contribution in [0, 0.1) is 5.92 Å². The van der Waals surface area contributed by atoms with Gasteiger partial charge in [0.25, 0.3) is 0 Å². The molecule has 0 aliphatic carbocycles. The van der Waals surface area contributed by atoms with Gasteiger partial charge in [0.2, 0.25) is 0 Å². The standard InChI is InChI=1S/C14H24N2O/c1-10(2)9-13(16-15)12-7-5-6-8-14(12)17-11(3)4/h5-8,10-11,13,16H,9,15H2,1-4H3. The predicted octanol–water partition coefficient (Wildman–Crippen LogP) is 3.02. The largest absolute Gasteiger partial charge is 0.491 e. The molecule has 0 heterocycles. The van der Waals surface area contributed by atoms with Crippen molar-refractivity contribution in [2.45, 2.75) is 46.3 Å². The van der Waals surface area contributed by atoms with Crippen LogP contribution in [0.2, 0.25) is 0 Å². The van der Waals surface area contributed by atoms with E-state index in [0.29, 0.717) is 5.92 Å². The average Bonchev–Trinajstić information content (AvgIpc) is 2.26. The molecule has 17 heavy (non-hydrogen) atoms. The lowest BCUT2D eigenvalue weighted by molar-refractivity contribution is 0.236. The van der Waals surface area contributed by atoms with Crippen LogP contribution in [0.1, 0.15) is 45.7 Å². The minimum atomic E-state index is 0.143. The molecule has 96 valence electrons. The first-order valence-corrected chi connectivity index (χ1v) is 6.26. The second-order valence-corrected chi connectivity index (χ2v) is 5.05. The molecule has 3 heteroatoms. The van der Waals surface area contributed by atoms with Gasteiger partial charge in [0.05, 0.1) is 6.10 Å². The Hall–Kier alpha value is -1.06. The number of hydrazine groups is 1. The minimum Gasteiger partial charge on any atom is -0.491 e. The molecule has 0 radical (unpaired) electrons. The number of hydrogen-bond donors (Lipinski definition) is 2. The van der Waals surface area contributed by atoms with Gasteiger partial charge in [-0.3, -0.25) is 11.3 Å². The lowest BCUT2D eigenvalue weighted by Gasteiger charge is -2.22. The van der Waals surface area contributed by atoms with Crippen molar-refractivity contribution in [1.29, 1.82) is 0 Å². The first-order valence-electron chi connectivity index (χ1n) is 6.26. The SMILES string of the molecule is CC(C)CC(NN)c1ccccc1OC(C)C. The quantitative estimate of drug-likeness (QED) is 0.589. The van der Waals surface area contributed by atoms with Gasteiger partial charge in [-0.1, -0.05) is 32.0 Å². The maximum absolute atomic E-state index is 5.81. The van der Waals surface area contributed by atoms with Gasteiger partial charge >= 0.3 is 0 Å². The minimum absolute atomic E-state index is 0.143. The maximum Gasteiger partial charge on any atom is 0.124 e. The number of para-hydroxylation sites is 1. The maximum atomic E-state index is 5.81. The van der Waals surface area contributed by atoms with E-state index in [1.807, 2.05) is 32.0 Å². The molecule has 3 N–H and O–H groups in total. The highest BCUT2D eigenvalue weighted by Gasteiger charge is 2.16. The van der Waals surface area contributed by atoms with Crippen molar-refractivity contribution in [3.8, 4) is 5.75 Å². The van der Waals surface area contributed by atoms with Gasteiger partial charge in [-0.25, -0.2) is 0 Å². The summed E-state index contributed by atoms with van der Waals surface area (Å²) in [6.45, 7) is 8.45. The van der Waals surface area contributed by atoms with Crippen LogP contribution in [0.3, 0.4) is 0 Å². The molecular weight excluding hydrogens is 212 g/mol. The van der Waals surface area contributed by atoms with Crippen molar-refractivity contribution in [2.75, 3.05) is 0 Å². The lowest BCUT2D eigenvalue weighted by atomic mass is 9.97. The zero-order valence-electron chi connectivity index (χ0n) is 11.2. The molecule has 0 bridgehead atoms. The molecule has 1 aromatic rings. The summed E-state index contributed by atoms with van der Waals surface area (Å²) in [4.78, 5) is 0. The number of nitrogens with one attached hydrogen (secondary N) is 1. The molecule has 3 nitrogen and oxygen atoms in total. The average molecular weight is 236 g/mol. The number of ether oxygens (including phenoxy) is 1. The lowest BCUT2D eigenvalue weighted by Crippen LogP contribution is -2.29. The number of nitrogens with two attached hydrogens (primary N) is 1. The second kappa shape index (κ2) is 6.62. The third kappa shape index (κ3) is 4.36. The molecule has 0 fully saturated rings. The van der Waals surface area contributed by atoms with Gasteiger partial charge in [0.15, 0.2) is 0 Å². The predicted molar refractivity (Wildman–Crippen MR) is 71.7 cm³/mol. The molecule has 0 saturated carbocycles. The number of hydrogen-bond acceptors (Lipinski definition) is 3. The van der Waals surface area contributed by atoms with Crippen LogP contribution in [-0.2, 0) is 0 Å².